The minimum absolute atomic E-state index is 0.00408. The molecule has 0 saturated carbocycles. The molecule has 0 amide bonds. The Morgan fingerprint density at radius 2 is 1.77 bits per heavy atom. The maximum Gasteiger partial charge on any atom is 0.174 e. The molecule has 0 aliphatic carbocycles. The number of para-hydroxylation sites is 1. The predicted octanol–water partition coefficient (Wildman–Crippen LogP) is 4.21. The average Bonchev–Trinajstić information content (AvgIpc) is 3.14. The summed E-state index contributed by atoms with van der Waals surface area (Å²) in [5.74, 6) is 0. The maximum absolute atomic E-state index is 5.74. The Labute approximate surface area is 159 Å². The molecule has 132 valence electrons. The molecule has 0 spiro atoms. The van der Waals surface area contributed by atoms with Crippen LogP contribution in [-0.4, -0.2) is 14.7 Å². The van der Waals surface area contributed by atoms with Crippen LogP contribution < -0.4 is 10.2 Å². The number of aromatic nitrogens is 2. The van der Waals surface area contributed by atoms with E-state index in [1.807, 2.05) is 36.5 Å². The van der Waals surface area contributed by atoms with E-state index < -0.39 is 0 Å². The molecule has 2 aromatic heterocycles. The van der Waals surface area contributed by atoms with Gasteiger partial charge in [-0.1, -0.05) is 24.3 Å². The Bertz CT molecular complexity index is 933. The van der Waals surface area contributed by atoms with Crippen LogP contribution in [0.15, 0.2) is 60.8 Å². The van der Waals surface area contributed by atoms with Crippen molar-refractivity contribution in [2.45, 2.75) is 25.9 Å². The van der Waals surface area contributed by atoms with Gasteiger partial charge in [-0.05, 0) is 62.0 Å². The number of benzene rings is 1. The first-order chi connectivity index (χ1) is 12.6. The first-order valence-corrected chi connectivity index (χ1v) is 9.17. The summed E-state index contributed by atoms with van der Waals surface area (Å²) in [7, 11) is 2.11. The highest BCUT2D eigenvalue weighted by atomic mass is 32.1. The van der Waals surface area contributed by atoms with E-state index in [1.165, 1.54) is 17.0 Å². The van der Waals surface area contributed by atoms with E-state index in [2.05, 4.69) is 64.9 Å². The first kappa shape index (κ1) is 16.8. The molecule has 2 atom stereocenters. The van der Waals surface area contributed by atoms with E-state index in [-0.39, 0.29) is 12.1 Å². The molecule has 26 heavy (non-hydrogen) atoms. The molecule has 1 aliphatic rings. The minimum Gasteiger partial charge on any atom is -0.352 e. The van der Waals surface area contributed by atoms with Gasteiger partial charge >= 0.3 is 0 Å². The number of pyridine rings is 1. The Hall–Kier alpha value is -2.66. The minimum atomic E-state index is 0.00408. The fraction of sp³-hybridized carbons (Fsp3) is 0.238. The maximum atomic E-state index is 5.74. The van der Waals surface area contributed by atoms with Gasteiger partial charge in [-0.2, -0.15) is 0 Å². The Kier molecular flexibility index (Phi) is 4.24. The molecule has 1 saturated heterocycles. The monoisotopic (exact) mass is 362 g/mol. The van der Waals surface area contributed by atoms with Gasteiger partial charge in [0.2, 0.25) is 0 Å². The van der Waals surface area contributed by atoms with Crippen LogP contribution in [0.4, 0.5) is 5.69 Å². The molecule has 1 aromatic carbocycles. The Balaban J connectivity index is 1.88. The van der Waals surface area contributed by atoms with Crippen molar-refractivity contribution in [1.29, 1.82) is 0 Å². The summed E-state index contributed by atoms with van der Waals surface area (Å²) >= 11 is 5.74. The third-order valence-corrected chi connectivity index (χ3v) is 5.58. The lowest BCUT2D eigenvalue weighted by Gasteiger charge is -2.28. The summed E-state index contributed by atoms with van der Waals surface area (Å²) < 4.78 is 2.23. The second kappa shape index (κ2) is 6.57. The lowest BCUT2D eigenvalue weighted by Crippen LogP contribution is -2.29. The molecule has 0 bridgehead atoms. The molecule has 1 aliphatic heterocycles. The summed E-state index contributed by atoms with van der Waals surface area (Å²) in [4.78, 5) is 6.82. The van der Waals surface area contributed by atoms with Crippen LogP contribution in [0.25, 0.3) is 0 Å². The third kappa shape index (κ3) is 2.69. The highest BCUT2D eigenvalue weighted by Gasteiger charge is 2.41. The first-order valence-electron chi connectivity index (χ1n) is 8.76. The molecule has 1 fully saturated rings. The van der Waals surface area contributed by atoms with Crippen molar-refractivity contribution in [3.05, 3.63) is 83.4 Å². The second-order valence-electron chi connectivity index (χ2n) is 6.72. The standard InChI is InChI=1S/C21H22N4S/c1-14-13-17(15(2)24(14)3)20-19(18-11-7-8-12-22-18)23-21(26)25(20)16-9-5-4-6-10-16/h4-13,19-20H,1-3H3,(H,23,26)/t19-,20+/m0/s1. The van der Waals surface area contributed by atoms with Gasteiger partial charge < -0.3 is 14.8 Å². The number of rotatable bonds is 3. The summed E-state index contributed by atoms with van der Waals surface area (Å²) in [5, 5.41) is 4.24. The fourth-order valence-corrected chi connectivity index (χ4v) is 4.07. The van der Waals surface area contributed by atoms with Crippen LogP contribution in [0.3, 0.4) is 0 Å². The zero-order chi connectivity index (χ0) is 18.3. The van der Waals surface area contributed by atoms with Crippen molar-refractivity contribution in [1.82, 2.24) is 14.9 Å². The zero-order valence-corrected chi connectivity index (χ0v) is 16.0. The molecule has 5 heteroatoms. The SMILES string of the molecule is Cc1cc([C@@H]2[C@H](c3ccccn3)NC(=S)N2c2ccccc2)c(C)n1C. The van der Waals surface area contributed by atoms with E-state index in [9.17, 15) is 0 Å². The Morgan fingerprint density at radius 1 is 1.04 bits per heavy atom. The van der Waals surface area contributed by atoms with E-state index in [0.717, 1.165) is 16.5 Å². The van der Waals surface area contributed by atoms with Crippen molar-refractivity contribution >= 4 is 23.0 Å². The van der Waals surface area contributed by atoms with Crippen molar-refractivity contribution in [2.24, 2.45) is 7.05 Å². The number of nitrogens with one attached hydrogen (secondary N) is 1. The Morgan fingerprint density at radius 3 is 2.38 bits per heavy atom. The van der Waals surface area contributed by atoms with Gasteiger partial charge in [-0.15, -0.1) is 0 Å². The molecule has 3 aromatic rings. The van der Waals surface area contributed by atoms with Crippen LogP contribution in [0.2, 0.25) is 0 Å². The van der Waals surface area contributed by atoms with Gasteiger partial charge in [-0.3, -0.25) is 4.98 Å². The number of hydrogen-bond donors (Lipinski definition) is 1. The largest absolute Gasteiger partial charge is 0.352 e. The van der Waals surface area contributed by atoms with E-state index >= 15 is 0 Å². The van der Waals surface area contributed by atoms with Gasteiger partial charge in [-0.25, -0.2) is 0 Å². The van der Waals surface area contributed by atoms with E-state index in [4.69, 9.17) is 12.2 Å². The average molecular weight is 363 g/mol. The van der Waals surface area contributed by atoms with Gasteiger partial charge in [0.1, 0.15) is 0 Å². The smallest absolute Gasteiger partial charge is 0.174 e. The topological polar surface area (TPSA) is 33.1 Å². The number of hydrogen-bond acceptors (Lipinski definition) is 2. The lowest BCUT2D eigenvalue weighted by atomic mass is 9.96. The van der Waals surface area contributed by atoms with Crippen LogP contribution >= 0.6 is 12.2 Å². The van der Waals surface area contributed by atoms with Gasteiger partial charge in [0.25, 0.3) is 0 Å². The van der Waals surface area contributed by atoms with E-state index in [1.54, 1.807) is 0 Å². The van der Waals surface area contributed by atoms with Crippen LogP contribution in [0.1, 0.15) is 34.7 Å². The van der Waals surface area contributed by atoms with Crippen LogP contribution in [-0.2, 0) is 7.05 Å². The highest BCUT2D eigenvalue weighted by Crippen LogP contribution is 2.42. The van der Waals surface area contributed by atoms with Gasteiger partial charge in [0, 0.05) is 30.3 Å². The normalized spacial score (nSPS) is 19.7. The second-order valence-corrected chi connectivity index (χ2v) is 7.10. The highest BCUT2D eigenvalue weighted by molar-refractivity contribution is 7.80. The van der Waals surface area contributed by atoms with Crippen LogP contribution in [0, 0.1) is 13.8 Å². The quantitative estimate of drug-likeness (QED) is 0.708. The summed E-state index contributed by atoms with van der Waals surface area (Å²) in [6, 6.07) is 18.7. The van der Waals surface area contributed by atoms with Gasteiger partial charge in [0.05, 0.1) is 17.8 Å². The molecule has 0 unspecified atom stereocenters. The summed E-state index contributed by atoms with van der Waals surface area (Å²) in [6.07, 6.45) is 1.84. The lowest BCUT2D eigenvalue weighted by molar-refractivity contribution is 0.564. The summed E-state index contributed by atoms with van der Waals surface area (Å²) in [6.45, 7) is 4.31. The zero-order valence-electron chi connectivity index (χ0n) is 15.2. The van der Waals surface area contributed by atoms with Crippen molar-refractivity contribution in [2.75, 3.05) is 4.90 Å². The molecule has 3 heterocycles. The number of anilines is 1. The predicted molar refractivity (Wildman–Crippen MR) is 109 cm³/mol. The van der Waals surface area contributed by atoms with Gasteiger partial charge in [0.15, 0.2) is 5.11 Å². The number of aryl methyl sites for hydroxylation is 1. The molecule has 4 nitrogen and oxygen atoms in total. The van der Waals surface area contributed by atoms with Crippen molar-refractivity contribution in [3.63, 3.8) is 0 Å². The van der Waals surface area contributed by atoms with E-state index in [0.29, 0.717) is 0 Å². The number of nitrogens with zero attached hydrogens (tertiary/aromatic N) is 3. The van der Waals surface area contributed by atoms with Crippen LogP contribution in [0.5, 0.6) is 0 Å². The molecular formula is C21H22N4S. The molecular weight excluding hydrogens is 340 g/mol. The van der Waals surface area contributed by atoms with Crippen molar-refractivity contribution < 1.29 is 0 Å². The van der Waals surface area contributed by atoms with Crippen molar-refractivity contribution in [3.8, 4) is 0 Å². The summed E-state index contributed by atoms with van der Waals surface area (Å²) in [5.41, 5.74) is 5.86. The third-order valence-electron chi connectivity index (χ3n) is 5.27. The number of thiocarbonyl (C=S) groups is 1. The molecule has 4 rings (SSSR count). The fourth-order valence-electron chi connectivity index (χ4n) is 3.72. The molecule has 0 radical (unpaired) electrons. The molecule has 1 N–H and O–H groups in total.